The topological polar surface area (TPSA) is 109 Å². The largest absolute Gasteiger partial charge is 0.490 e. The molecule has 0 spiro atoms. The van der Waals surface area contributed by atoms with Crippen LogP contribution < -0.4 is 10.1 Å². The molecule has 3 heterocycles. The van der Waals surface area contributed by atoms with Crippen LogP contribution in [-0.4, -0.2) is 61.8 Å². The van der Waals surface area contributed by atoms with Crippen LogP contribution in [0.4, 0.5) is 4.39 Å². The van der Waals surface area contributed by atoms with E-state index in [1.54, 1.807) is 62.1 Å². The Kier molecular flexibility index (Phi) is 8.11. The third-order valence-electron chi connectivity index (χ3n) is 7.38. The standard InChI is InChI=1S/C30H29ClFN7O3/c1-41-13-14-42-27-10-9-19(31)15-23(27)30(40)36-20-5-4-6-21(16-20)38-26-17-28(39-34-11-12-35-39)33-18-25(26)37-29(38)22-7-2-3-8-24(22)32/h2-3,7-12,15,17-18,20-21H,4-6,13-14,16H2,1H3,(H,36,40)/t20-,21+/m0/s1. The zero-order valence-electron chi connectivity index (χ0n) is 22.9. The number of benzene rings is 2. The van der Waals surface area contributed by atoms with Crippen molar-refractivity contribution in [3.05, 3.63) is 83.5 Å². The van der Waals surface area contributed by atoms with E-state index in [4.69, 9.17) is 26.1 Å². The van der Waals surface area contributed by atoms with Gasteiger partial charge in [-0.1, -0.05) is 23.7 Å². The molecule has 0 radical (unpaired) electrons. The lowest BCUT2D eigenvalue weighted by molar-refractivity contribution is 0.0913. The molecule has 1 fully saturated rings. The van der Waals surface area contributed by atoms with E-state index in [0.29, 0.717) is 58.7 Å². The number of imidazole rings is 1. The zero-order chi connectivity index (χ0) is 29.1. The number of carbonyl (C=O) groups is 1. The summed E-state index contributed by atoms with van der Waals surface area (Å²) >= 11 is 6.23. The molecule has 6 rings (SSSR count). The number of amides is 1. The number of halogens is 2. The first-order chi connectivity index (χ1) is 20.5. The molecule has 1 amide bonds. The molecule has 0 aliphatic heterocycles. The van der Waals surface area contributed by atoms with Crippen LogP contribution in [0.2, 0.25) is 5.02 Å². The number of ether oxygens (including phenoxy) is 2. The highest BCUT2D eigenvalue weighted by molar-refractivity contribution is 6.31. The summed E-state index contributed by atoms with van der Waals surface area (Å²) in [5.41, 5.74) is 2.18. The van der Waals surface area contributed by atoms with Gasteiger partial charge in [0, 0.05) is 30.3 Å². The van der Waals surface area contributed by atoms with E-state index < -0.39 is 0 Å². The molecule has 216 valence electrons. The molecule has 0 saturated heterocycles. The van der Waals surface area contributed by atoms with E-state index in [-0.39, 0.29) is 23.8 Å². The Hall–Kier alpha value is -4.35. The molecular weight excluding hydrogens is 561 g/mol. The number of aromatic nitrogens is 6. The van der Waals surface area contributed by atoms with Gasteiger partial charge in [-0.2, -0.15) is 10.2 Å². The van der Waals surface area contributed by atoms with Crippen LogP contribution in [-0.2, 0) is 4.74 Å². The lowest BCUT2D eigenvalue weighted by Crippen LogP contribution is -2.39. The van der Waals surface area contributed by atoms with Crippen molar-refractivity contribution in [2.75, 3.05) is 20.3 Å². The second-order valence-electron chi connectivity index (χ2n) is 10.1. The summed E-state index contributed by atoms with van der Waals surface area (Å²) in [6.45, 7) is 0.701. The van der Waals surface area contributed by atoms with Crippen LogP contribution in [0.15, 0.2) is 67.1 Å². The molecule has 0 unspecified atom stereocenters. The summed E-state index contributed by atoms with van der Waals surface area (Å²) in [6.07, 6.45) is 7.93. The Morgan fingerprint density at radius 2 is 1.95 bits per heavy atom. The fraction of sp³-hybridized carbons (Fsp3) is 0.300. The minimum absolute atomic E-state index is 0.0683. The monoisotopic (exact) mass is 589 g/mol. The van der Waals surface area contributed by atoms with E-state index in [9.17, 15) is 4.79 Å². The van der Waals surface area contributed by atoms with E-state index in [1.165, 1.54) is 10.9 Å². The highest BCUT2D eigenvalue weighted by Crippen LogP contribution is 2.37. The maximum atomic E-state index is 15.1. The molecule has 42 heavy (non-hydrogen) atoms. The summed E-state index contributed by atoms with van der Waals surface area (Å²) in [5, 5.41) is 12.0. The predicted octanol–water partition coefficient (Wildman–Crippen LogP) is 5.41. The first-order valence-corrected chi connectivity index (χ1v) is 14.1. The van der Waals surface area contributed by atoms with Gasteiger partial charge in [-0.3, -0.25) is 4.79 Å². The smallest absolute Gasteiger partial charge is 0.255 e. The zero-order valence-corrected chi connectivity index (χ0v) is 23.7. The molecule has 5 aromatic rings. The van der Waals surface area contributed by atoms with Crippen molar-refractivity contribution in [3.8, 4) is 23.0 Å². The predicted molar refractivity (Wildman–Crippen MR) is 155 cm³/mol. The van der Waals surface area contributed by atoms with Crippen LogP contribution in [0.1, 0.15) is 42.1 Å². The fourth-order valence-electron chi connectivity index (χ4n) is 5.47. The van der Waals surface area contributed by atoms with E-state index in [1.807, 2.05) is 6.07 Å². The maximum absolute atomic E-state index is 15.1. The Bertz CT molecular complexity index is 1710. The van der Waals surface area contributed by atoms with Gasteiger partial charge in [0.1, 0.15) is 29.5 Å². The van der Waals surface area contributed by atoms with Crippen LogP contribution in [0, 0.1) is 5.82 Å². The Morgan fingerprint density at radius 1 is 1.12 bits per heavy atom. The summed E-state index contributed by atoms with van der Waals surface area (Å²) in [5.74, 6) is 0.846. The molecular formula is C30H29ClFN7O3. The average Bonchev–Trinajstić information content (AvgIpc) is 3.67. The SMILES string of the molecule is COCCOc1ccc(Cl)cc1C(=O)N[C@H]1CCC[C@@H](n2c(-c3ccccc3F)nc3cnc(-n4nccn4)cc32)C1. The second-order valence-corrected chi connectivity index (χ2v) is 10.5. The summed E-state index contributed by atoms with van der Waals surface area (Å²) in [7, 11) is 1.59. The second kappa shape index (κ2) is 12.3. The highest BCUT2D eigenvalue weighted by atomic mass is 35.5. The lowest BCUT2D eigenvalue weighted by Gasteiger charge is -2.32. The van der Waals surface area contributed by atoms with Crippen molar-refractivity contribution in [2.24, 2.45) is 0 Å². The van der Waals surface area contributed by atoms with Gasteiger partial charge in [0.15, 0.2) is 5.82 Å². The number of hydrogen-bond acceptors (Lipinski definition) is 7. The Labute approximate surface area is 246 Å². The minimum Gasteiger partial charge on any atom is -0.490 e. The van der Waals surface area contributed by atoms with E-state index in [2.05, 4.69) is 25.1 Å². The molecule has 2 atom stereocenters. The van der Waals surface area contributed by atoms with Gasteiger partial charge in [0.05, 0.1) is 41.8 Å². The fourth-order valence-corrected chi connectivity index (χ4v) is 5.64. The van der Waals surface area contributed by atoms with Crippen molar-refractivity contribution in [1.82, 2.24) is 34.8 Å². The normalized spacial score (nSPS) is 16.9. The van der Waals surface area contributed by atoms with E-state index in [0.717, 1.165) is 24.8 Å². The quantitative estimate of drug-likeness (QED) is 0.229. The minimum atomic E-state index is -0.362. The molecule has 0 bridgehead atoms. The third kappa shape index (κ3) is 5.70. The van der Waals surface area contributed by atoms with Crippen LogP contribution >= 0.6 is 11.6 Å². The summed E-state index contributed by atoms with van der Waals surface area (Å²) in [4.78, 5) is 24.2. The molecule has 1 aliphatic carbocycles. The number of methoxy groups -OCH3 is 1. The average molecular weight is 590 g/mol. The Morgan fingerprint density at radius 3 is 2.76 bits per heavy atom. The van der Waals surface area contributed by atoms with Crippen LogP contribution in [0.5, 0.6) is 5.75 Å². The van der Waals surface area contributed by atoms with Gasteiger partial charge in [-0.15, -0.1) is 4.80 Å². The van der Waals surface area contributed by atoms with Crippen molar-refractivity contribution >= 4 is 28.5 Å². The number of carbonyl (C=O) groups excluding carboxylic acids is 1. The molecule has 1 saturated carbocycles. The van der Waals surface area contributed by atoms with Crippen molar-refractivity contribution < 1.29 is 18.7 Å². The summed E-state index contributed by atoms with van der Waals surface area (Å²) in [6, 6.07) is 13.2. The number of rotatable bonds is 9. The number of pyridine rings is 1. The lowest BCUT2D eigenvalue weighted by atomic mass is 9.90. The third-order valence-corrected chi connectivity index (χ3v) is 7.61. The van der Waals surface area contributed by atoms with Crippen LogP contribution in [0.3, 0.4) is 0 Å². The van der Waals surface area contributed by atoms with Gasteiger partial charge in [0.25, 0.3) is 5.91 Å². The van der Waals surface area contributed by atoms with Crippen molar-refractivity contribution in [1.29, 1.82) is 0 Å². The molecule has 12 heteroatoms. The van der Waals surface area contributed by atoms with Gasteiger partial charge < -0.3 is 19.4 Å². The number of nitrogens with zero attached hydrogens (tertiary/aromatic N) is 6. The number of hydrogen-bond donors (Lipinski definition) is 1. The van der Waals surface area contributed by atoms with E-state index >= 15 is 4.39 Å². The van der Waals surface area contributed by atoms with Crippen molar-refractivity contribution in [2.45, 2.75) is 37.8 Å². The molecule has 2 aromatic carbocycles. The molecule has 1 N–H and O–H groups in total. The highest BCUT2D eigenvalue weighted by Gasteiger charge is 2.30. The van der Waals surface area contributed by atoms with Crippen LogP contribution in [0.25, 0.3) is 28.2 Å². The van der Waals surface area contributed by atoms with Gasteiger partial charge in [-0.25, -0.2) is 14.4 Å². The van der Waals surface area contributed by atoms with Gasteiger partial charge in [0.2, 0.25) is 0 Å². The number of nitrogens with one attached hydrogen (secondary N) is 1. The first-order valence-electron chi connectivity index (χ1n) is 13.7. The van der Waals surface area contributed by atoms with Gasteiger partial charge in [-0.05, 0) is 56.0 Å². The van der Waals surface area contributed by atoms with Crippen molar-refractivity contribution in [3.63, 3.8) is 0 Å². The Balaban J connectivity index is 1.33. The first kappa shape index (κ1) is 27.8. The number of fused-ring (bicyclic) bond motifs is 1. The molecule has 1 aliphatic rings. The van der Waals surface area contributed by atoms with Gasteiger partial charge >= 0.3 is 0 Å². The molecule has 10 nitrogen and oxygen atoms in total. The molecule has 3 aromatic heterocycles. The summed E-state index contributed by atoms with van der Waals surface area (Å²) < 4.78 is 28.0. The maximum Gasteiger partial charge on any atom is 0.255 e.